The lowest BCUT2D eigenvalue weighted by Gasteiger charge is -2.15. The van der Waals surface area contributed by atoms with Crippen LogP contribution in [0.2, 0.25) is 0 Å². The Hall–Kier alpha value is -0.840. The molecule has 2 aromatic carbocycles. The van der Waals surface area contributed by atoms with Crippen molar-refractivity contribution in [3.05, 3.63) is 64.4 Å². The smallest absolute Gasteiger partial charge is 0.124 e. The van der Waals surface area contributed by atoms with Gasteiger partial charge in [0.2, 0.25) is 0 Å². The number of benzene rings is 2. The lowest BCUT2D eigenvalue weighted by molar-refractivity contribution is 0.624. The molecule has 1 unspecified atom stereocenters. The van der Waals surface area contributed by atoms with E-state index in [1.165, 1.54) is 12.1 Å². The fourth-order valence-electron chi connectivity index (χ4n) is 1.63. The Labute approximate surface area is 119 Å². The van der Waals surface area contributed by atoms with Gasteiger partial charge in [-0.2, -0.15) is 0 Å². The Morgan fingerprint density at radius 1 is 1.17 bits per heavy atom. The Morgan fingerprint density at radius 3 is 2.50 bits per heavy atom. The molecule has 1 atom stereocenters. The molecule has 18 heavy (non-hydrogen) atoms. The van der Waals surface area contributed by atoms with Crippen molar-refractivity contribution in [3.8, 4) is 0 Å². The summed E-state index contributed by atoms with van der Waals surface area (Å²) in [5.74, 6) is -0.216. The van der Waals surface area contributed by atoms with E-state index in [0.717, 1.165) is 14.9 Å². The van der Waals surface area contributed by atoms with Crippen molar-refractivity contribution < 1.29 is 4.39 Å². The molecule has 0 fully saturated rings. The van der Waals surface area contributed by atoms with Crippen LogP contribution in [-0.4, -0.2) is 6.54 Å². The fraction of sp³-hybridized carbons (Fsp3) is 0.143. The van der Waals surface area contributed by atoms with Gasteiger partial charge in [0.15, 0.2) is 0 Å². The van der Waals surface area contributed by atoms with Gasteiger partial charge < -0.3 is 5.73 Å². The predicted molar refractivity (Wildman–Crippen MR) is 78.2 cm³/mol. The van der Waals surface area contributed by atoms with E-state index in [-0.39, 0.29) is 11.1 Å². The van der Waals surface area contributed by atoms with Crippen LogP contribution in [-0.2, 0) is 0 Å². The number of thioether (sulfide) groups is 1. The summed E-state index contributed by atoms with van der Waals surface area (Å²) in [5.41, 5.74) is 6.95. The highest BCUT2D eigenvalue weighted by Gasteiger charge is 2.11. The van der Waals surface area contributed by atoms with Gasteiger partial charge in [-0.15, -0.1) is 11.8 Å². The van der Waals surface area contributed by atoms with Gasteiger partial charge in [0.05, 0.1) is 0 Å². The molecule has 0 spiro atoms. The minimum atomic E-state index is -0.216. The fourth-order valence-corrected chi connectivity index (χ4v) is 2.95. The van der Waals surface area contributed by atoms with Gasteiger partial charge in [0, 0.05) is 21.2 Å². The molecule has 0 aliphatic carbocycles. The third-order valence-electron chi connectivity index (χ3n) is 2.53. The lowest BCUT2D eigenvalue weighted by Crippen LogP contribution is -2.09. The van der Waals surface area contributed by atoms with Crippen LogP contribution in [0, 0.1) is 5.82 Å². The van der Waals surface area contributed by atoms with E-state index in [1.807, 2.05) is 30.3 Å². The first-order chi connectivity index (χ1) is 8.69. The number of halogens is 2. The van der Waals surface area contributed by atoms with Gasteiger partial charge in [0.25, 0.3) is 0 Å². The first-order valence-corrected chi connectivity index (χ1v) is 7.24. The molecule has 0 amide bonds. The van der Waals surface area contributed by atoms with Crippen molar-refractivity contribution >= 4 is 27.7 Å². The van der Waals surface area contributed by atoms with E-state index in [4.69, 9.17) is 5.73 Å². The van der Waals surface area contributed by atoms with Crippen LogP contribution in [0.1, 0.15) is 10.8 Å². The normalized spacial score (nSPS) is 12.4. The van der Waals surface area contributed by atoms with Gasteiger partial charge in [-0.05, 0) is 35.9 Å². The molecule has 0 aromatic heterocycles. The van der Waals surface area contributed by atoms with Crippen LogP contribution in [0.4, 0.5) is 4.39 Å². The molecule has 1 nitrogen and oxygen atoms in total. The molecular formula is C14H13BrFNS. The van der Waals surface area contributed by atoms with E-state index < -0.39 is 0 Å². The minimum absolute atomic E-state index is 0.139. The number of hydrogen-bond acceptors (Lipinski definition) is 2. The van der Waals surface area contributed by atoms with Gasteiger partial charge in [0.1, 0.15) is 5.82 Å². The van der Waals surface area contributed by atoms with E-state index in [9.17, 15) is 4.39 Å². The largest absolute Gasteiger partial charge is 0.329 e. The Kier molecular flexibility index (Phi) is 4.80. The summed E-state index contributed by atoms with van der Waals surface area (Å²) in [6.45, 7) is 0.517. The SMILES string of the molecule is NCC(Sc1cccc(F)c1)c1ccc(Br)cc1. The van der Waals surface area contributed by atoms with Crippen molar-refractivity contribution in [2.45, 2.75) is 10.1 Å². The minimum Gasteiger partial charge on any atom is -0.329 e. The van der Waals surface area contributed by atoms with E-state index in [2.05, 4.69) is 15.9 Å². The zero-order valence-electron chi connectivity index (χ0n) is 9.64. The van der Waals surface area contributed by atoms with Crippen LogP contribution < -0.4 is 5.73 Å². The average Bonchev–Trinajstić information content (AvgIpc) is 2.37. The second kappa shape index (κ2) is 6.36. The van der Waals surface area contributed by atoms with E-state index in [0.29, 0.717) is 6.54 Å². The topological polar surface area (TPSA) is 26.0 Å². The van der Waals surface area contributed by atoms with Crippen molar-refractivity contribution in [1.29, 1.82) is 0 Å². The predicted octanol–water partition coefficient (Wildman–Crippen LogP) is 4.38. The Balaban J connectivity index is 2.17. The van der Waals surface area contributed by atoms with E-state index in [1.54, 1.807) is 17.8 Å². The highest BCUT2D eigenvalue weighted by Crippen LogP contribution is 2.34. The molecule has 2 aromatic rings. The van der Waals surface area contributed by atoms with Gasteiger partial charge >= 0.3 is 0 Å². The summed E-state index contributed by atoms with van der Waals surface area (Å²) in [5, 5.41) is 0.139. The highest BCUT2D eigenvalue weighted by molar-refractivity contribution is 9.10. The lowest BCUT2D eigenvalue weighted by atomic mass is 10.1. The monoisotopic (exact) mass is 325 g/mol. The summed E-state index contributed by atoms with van der Waals surface area (Å²) in [6.07, 6.45) is 0. The summed E-state index contributed by atoms with van der Waals surface area (Å²) >= 11 is 4.99. The van der Waals surface area contributed by atoms with Crippen molar-refractivity contribution in [2.75, 3.05) is 6.54 Å². The molecular weight excluding hydrogens is 313 g/mol. The number of nitrogens with two attached hydrogens (primary N) is 1. The Bertz CT molecular complexity index is 515. The van der Waals surface area contributed by atoms with Crippen LogP contribution in [0.3, 0.4) is 0 Å². The maximum absolute atomic E-state index is 13.1. The second-order valence-corrected chi connectivity index (χ2v) is 6.04. The molecule has 2 N–H and O–H groups in total. The molecule has 0 heterocycles. The second-order valence-electron chi connectivity index (χ2n) is 3.85. The molecule has 0 saturated carbocycles. The molecule has 4 heteroatoms. The molecule has 0 aliphatic heterocycles. The maximum Gasteiger partial charge on any atom is 0.124 e. The molecule has 2 rings (SSSR count). The highest BCUT2D eigenvalue weighted by atomic mass is 79.9. The van der Waals surface area contributed by atoms with Gasteiger partial charge in [-0.1, -0.05) is 34.1 Å². The van der Waals surface area contributed by atoms with Crippen LogP contribution >= 0.6 is 27.7 Å². The Morgan fingerprint density at radius 2 is 1.89 bits per heavy atom. The zero-order chi connectivity index (χ0) is 13.0. The van der Waals surface area contributed by atoms with Crippen LogP contribution in [0.5, 0.6) is 0 Å². The first kappa shape index (κ1) is 13.6. The van der Waals surface area contributed by atoms with E-state index >= 15 is 0 Å². The zero-order valence-corrected chi connectivity index (χ0v) is 12.0. The number of hydrogen-bond donors (Lipinski definition) is 1. The molecule has 94 valence electrons. The first-order valence-electron chi connectivity index (χ1n) is 5.57. The average molecular weight is 326 g/mol. The van der Waals surface area contributed by atoms with Gasteiger partial charge in [-0.25, -0.2) is 4.39 Å². The molecule has 0 saturated heterocycles. The van der Waals surface area contributed by atoms with Crippen LogP contribution in [0.25, 0.3) is 0 Å². The van der Waals surface area contributed by atoms with Crippen molar-refractivity contribution in [2.24, 2.45) is 5.73 Å². The van der Waals surface area contributed by atoms with Crippen molar-refractivity contribution in [1.82, 2.24) is 0 Å². The molecule has 0 aliphatic rings. The molecule has 0 bridgehead atoms. The standard InChI is InChI=1S/C14H13BrFNS/c15-11-6-4-10(5-7-11)14(9-17)18-13-3-1-2-12(16)8-13/h1-8,14H,9,17H2. The number of rotatable bonds is 4. The van der Waals surface area contributed by atoms with Crippen LogP contribution in [0.15, 0.2) is 57.9 Å². The van der Waals surface area contributed by atoms with Crippen molar-refractivity contribution in [3.63, 3.8) is 0 Å². The third-order valence-corrected chi connectivity index (χ3v) is 4.33. The summed E-state index contributed by atoms with van der Waals surface area (Å²) in [6, 6.07) is 14.6. The quantitative estimate of drug-likeness (QED) is 0.844. The third kappa shape index (κ3) is 3.57. The molecule has 0 radical (unpaired) electrons. The summed E-state index contributed by atoms with van der Waals surface area (Å²) in [4.78, 5) is 0.897. The van der Waals surface area contributed by atoms with Gasteiger partial charge in [-0.3, -0.25) is 0 Å². The summed E-state index contributed by atoms with van der Waals surface area (Å²) < 4.78 is 14.2. The summed E-state index contributed by atoms with van der Waals surface area (Å²) in [7, 11) is 0. The maximum atomic E-state index is 13.1.